The summed E-state index contributed by atoms with van der Waals surface area (Å²) in [5.41, 5.74) is 8.43. The van der Waals surface area contributed by atoms with Crippen molar-refractivity contribution in [3.63, 3.8) is 0 Å². The summed E-state index contributed by atoms with van der Waals surface area (Å²) in [5, 5.41) is 9.50. The van der Waals surface area contributed by atoms with Gasteiger partial charge in [0.25, 0.3) is 0 Å². The van der Waals surface area contributed by atoms with Crippen LogP contribution < -0.4 is 15.2 Å². The van der Waals surface area contributed by atoms with E-state index < -0.39 is 16.1 Å². The summed E-state index contributed by atoms with van der Waals surface area (Å²) in [7, 11) is -3.19. The fraction of sp³-hybridized carbons (Fsp3) is 0.320. The number of halogens is 2. The lowest BCUT2D eigenvalue weighted by molar-refractivity contribution is 0.130. The number of hydrogen-bond acceptors (Lipinski definition) is 8. The van der Waals surface area contributed by atoms with Crippen LogP contribution in [0.2, 0.25) is 10.0 Å². The summed E-state index contributed by atoms with van der Waals surface area (Å²) >= 11 is 12.5. The van der Waals surface area contributed by atoms with Gasteiger partial charge < -0.3 is 15.2 Å². The van der Waals surface area contributed by atoms with Gasteiger partial charge in [0.05, 0.1) is 22.0 Å². The first-order chi connectivity index (χ1) is 17.5. The Balaban J connectivity index is 1.43. The summed E-state index contributed by atoms with van der Waals surface area (Å²) in [6, 6.07) is 8.52. The number of piperidine rings is 1. The van der Waals surface area contributed by atoms with Crippen LogP contribution in [-0.4, -0.2) is 53.9 Å². The molecule has 1 atom stereocenters. The molecular formula is C25H27Cl2N5O4S. The van der Waals surface area contributed by atoms with Crippen molar-refractivity contribution in [2.45, 2.75) is 32.0 Å². The van der Waals surface area contributed by atoms with Gasteiger partial charge in [-0.3, -0.25) is 10.4 Å². The van der Waals surface area contributed by atoms with Gasteiger partial charge in [0, 0.05) is 60.1 Å². The molecule has 1 aliphatic heterocycles. The van der Waals surface area contributed by atoms with Crippen molar-refractivity contribution < 1.29 is 17.9 Å². The molecule has 12 heteroatoms. The maximum Gasteiger partial charge on any atom is 0.213 e. The number of nitrogen functional groups attached to an aromatic ring is 1. The Hall–Kier alpha value is -2.92. The highest BCUT2D eigenvalue weighted by Crippen LogP contribution is 2.33. The fourth-order valence-electron chi connectivity index (χ4n) is 4.10. The van der Waals surface area contributed by atoms with E-state index in [2.05, 4.69) is 9.97 Å². The third-order valence-electron chi connectivity index (χ3n) is 6.09. The van der Waals surface area contributed by atoms with Crippen LogP contribution in [0.5, 0.6) is 11.6 Å². The van der Waals surface area contributed by atoms with Gasteiger partial charge >= 0.3 is 0 Å². The molecule has 2 aromatic heterocycles. The molecule has 0 amide bonds. The topological polar surface area (TPSA) is 131 Å². The first-order valence-electron chi connectivity index (χ1n) is 11.5. The van der Waals surface area contributed by atoms with Crippen LogP contribution in [0.15, 0.2) is 48.9 Å². The molecule has 3 heterocycles. The fourth-order valence-corrected chi connectivity index (χ4v) is 5.65. The number of benzene rings is 1. The first kappa shape index (κ1) is 27.1. The number of nitrogens with zero attached hydrogens (tertiary/aromatic N) is 3. The zero-order valence-electron chi connectivity index (χ0n) is 20.3. The second kappa shape index (κ2) is 11.2. The number of nitrogens with two attached hydrogens (primary N) is 1. The standard InChI is InChI=1S/C25H27Cl2N5O4S/c1-15(24-20(26)13-30-14-21(24)27)35-18-4-5-22(28)19(11-18)25(29)16-3-6-23(31-12-16)36-17-7-9-32(10-8-17)37(2,33)34/h3-6,11-15,17,29H,7-10,28H2,1-2H3/t15-/m1/s1. The maximum absolute atomic E-state index is 11.7. The molecule has 0 unspecified atom stereocenters. The Labute approximate surface area is 226 Å². The molecule has 1 saturated heterocycles. The van der Waals surface area contributed by atoms with E-state index in [9.17, 15) is 8.42 Å². The molecule has 9 nitrogen and oxygen atoms in total. The number of nitrogens with one attached hydrogen (secondary N) is 1. The van der Waals surface area contributed by atoms with Crippen LogP contribution in [0.3, 0.4) is 0 Å². The highest BCUT2D eigenvalue weighted by atomic mass is 35.5. The lowest BCUT2D eigenvalue weighted by atomic mass is 10.0. The minimum atomic E-state index is -3.19. The first-order valence-corrected chi connectivity index (χ1v) is 14.2. The zero-order valence-corrected chi connectivity index (χ0v) is 22.6. The second-order valence-electron chi connectivity index (χ2n) is 8.77. The second-order valence-corrected chi connectivity index (χ2v) is 11.6. The highest BCUT2D eigenvalue weighted by molar-refractivity contribution is 7.88. The van der Waals surface area contributed by atoms with Gasteiger partial charge in [-0.15, -0.1) is 0 Å². The van der Waals surface area contributed by atoms with E-state index in [0.717, 1.165) is 0 Å². The van der Waals surface area contributed by atoms with Crippen LogP contribution in [-0.2, 0) is 10.0 Å². The summed E-state index contributed by atoms with van der Waals surface area (Å²) in [6.45, 7) is 2.66. The van der Waals surface area contributed by atoms with Crippen molar-refractivity contribution in [1.29, 1.82) is 5.41 Å². The van der Waals surface area contributed by atoms with Crippen molar-refractivity contribution >= 4 is 44.6 Å². The number of aromatic nitrogens is 2. The summed E-state index contributed by atoms with van der Waals surface area (Å²) in [6.07, 6.45) is 6.37. The Kier molecular flexibility index (Phi) is 8.23. The molecular weight excluding hydrogens is 537 g/mol. The summed E-state index contributed by atoms with van der Waals surface area (Å²) < 4.78 is 36.8. The molecule has 1 aliphatic rings. The molecule has 196 valence electrons. The molecule has 0 aliphatic carbocycles. The Bertz CT molecular complexity index is 1370. The minimum absolute atomic E-state index is 0.121. The lowest BCUT2D eigenvalue weighted by Gasteiger charge is -2.30. The zero-order chi connectivity index (χ0) is 26.7. The van der Waals surface area contributed by atoms with E-state index in [1.807, 2.05) is 6.92 Å². The van der Waals surface area contributed by atoms with Crippen LogP contribution >= 0.6 is 23.2 Å². The lowest BCUT2D eigenvalue weighted by Crippen LogP contribution is -2.41. The third-order valence-corrected chi connectivity index (χ3v) is 7.99. The van der Waals surface area contributed by atoms with Crippen LogP contribution in [0.25, 0.3) is 0 Å². The summed E-state index contributed by atoms with van der Waals surface area (Å²) in [5.74, 6) is 0.915. The van der Waals surface area contributed by atoms with Gasteiger partial charge in [-0.1, -0.05) is 23.2 Å². The molecule has 0 radical (unpaired) electrons. The van der Waals surface area contributed by atoms with E-state index >= 15 is 0 Å². The van der Waals surface area contributed by atoms with E-state index in [1.54, 1.807) is 36.5 Å². The van der Waals surface area contributed by atoms with E-state index in [-0.39, 0.29) is 11.8 Å². The number of pyridine rings is 2. The monoisotopic (exact) mass is 563 g/mol. The number of anilines is 1. The average molecular weight is 564 g/mol. The minimum Gasteiger partial charge on any atom is -0.486 e. The van der Waals surface area contributed by atoms with Crippen molar-refractivity contribution in [1.82, 2.24) is 14.3 Å². The summed E-state index contributed by atoms with van der Waals surface area (Å²) in [4.78, 5) is 8.31. The van der Waals surface area contributed by atoms with Crippen LogP contribution in [0.1, 0.15) is 42.6 Å². The molecule has 4 rings (SSSR count). The predicted octanol–water partition coefficient (Wildman–Crippen LogP) is 4.72. The normalized spacial score (nSPS) is 15.8. The largest absolute Gasteiger partial charge is 0.486 e. The number of sulfonamides is 1. The van der Waals surface area contributed by atoms with E-state index in [4.69, 9.17) is 43.8 Å². The Morgan fingerprint density at radius 1 is 1.14 bits per heavy atom. The van der Waals surface area contributed by atoms with Crippen molar-refractivity contribution in [2.75, 3.05) is 25.1 Å². The smallest absolute Gasteiger partial charge is 0.213 e. The number of rotatable bonds is 8. The molecule has 37 heavy (non-hydrogen) atoms. The third kappa shape index (κ3) is 6.51. The van der Waals surface area contributed by atoms with Crippen LogP contribution in [0, 0.1) is 5.41 Å². The average Bonchev–Trinajstić information content (AvgIpc) is 2.85. The van der Waals surface area contributed by atoms with Crippen molar-refractivity contribution in [3.8, 4) is 11.6 Å². The predicted molar refractivity (Wildman–Crippen MR) is 144 cm³/mol. The molecule has 3 aromatic rings. The van der Waals surface area contributed by atoms with Crippen LogP contribution in [0.4, 0.5) is 5.69 Å². The Morgan fingerprint density at radius 3 is 2.41 bits per heavy atom. The molecule has 0 spiro atoms. The molecule has 3 N–H and O–H groups in total. The highest BCUT2D eigenvalue weighted by Gasteiger charge is 2.26. The molecule has 1 fully saturated rings. The molecule has 1 aromatic carbocycles. The SMILES string of the molecule is C[C@@H](Oc1ccc(N)c(C(=N)c2ccc(OC3CCN(S(C)(=O)=O)CC3)nc2)c1)c1c(Cl)cncc1Cl. The van der Waals surface area contributed by atoms with E-state index in [0.29, 0.717) is 70.0 Å². The van der Waals surface area contributed by atoms with Crippen molar-refractivity contribution in [2.24, 2.45) is 0 Å². The van der Waals surface area contributed by atoms with Gasteiger partial charge in [0.2, 0.25) is 15.9 Å². The van der Waals surface area contributed by atoms with Gasteiger partial charge in [-0.2, -0.15) is 0 Å². The quantitative estimate of drug-likeness (QED) is 0.299. The molecule has 0 bridgehead atoms. The van der Waals surface area contributed by atoms with Crippen molar-refractivity contribution in [3.05, 3.63) is 75.7 Å². The number of hydrogen-bond donors (Lipinski definition) is 2. The Morgan fingerprint density at radius 2 is 1.81 bits per heavy atom. The van der Waals surface area contributed by atoms with Gasteiger partial charge in [0.15, 0.2) is 0 Å². The van der Waals surface area contributed by atoms with Gasteiger partial charge in [-0.05, 0) is 44.0 Å². The number of ether oxygens (including phenoxy) is 2. The maximum atomic E-state index is 11.7. The van der Waals surface area contributed by atoms with Gasteiger partial charge in [-0.25, -0.2) is 17.7 Å². The molecule has 0 saturated carbocycles. The van der Waals surface area contributed by atoms with Gasteiger partial charge in [0.1, 0.15) is 18.0 Å². The van der Waals surface area contributed by atoms with E-state index in [1.165, 1.54) is 23.0 Å².